The van der Waals surface area contributed by atoms with Crippen molar-refractivity contribution in [3.05, 3.63) is 105 Å². The third kappa shape index (κ3) is 4.69. The summed E-state index contributed by atoms with van der Waals surface area (Å²) in [7, 11) is 0. The second-order valence-corrected chi connectivity index (χ2v) is 9.20. The van der Waals surface area contributed by atoms with Crippen LogP contribution in [0.1, 0.15) is 36.9 Å². The number of nitrogens with one attached hydrogen (secondary N) is 1. The molecule has 2 aromatic carbocycles. The minimum Gasteiger partial charge on any atom is -0.295 e. The molecule has 0 saturated heterocycles. The van der Waals surface area contributed by atoms with Crippen LogP contribution in [-0.4, -0.2) is 34.7 Å². The Hall–Kier alpha value is -3.75. The van der Waals surface area contributed by atoms with Crippen molar-refractivity contribution >= 4 is 23.2 Å². The second-order valence-electron chi connectivity index (χ2n) is 8.39. The van der Waals surface area contributed by atoms with E-state index in [1.54, 1.807) is 33.7 Å². The quantitative estimate of drug-likeness (QED) is 0.286. The van der Waals surface area contributed by atoms with E-state index >= 15 is 0 Å². The van der Waals surface area contributed by atoms with Gasteiger partial charge in [0, 0.05) is 45.3 Å². The first-order chi connectivity index (χ1) is 17.6. The van der Waals surface area contributed by atoms with Crippen molar-refractivity contribution in [2.75, 3.05) is 0 Å². The highest BCUT2D eigenvalue weighted by Gasteiger charge is 2.22. The summed E-state index contributed by atoms with van der Waals surface area (Å²) >= 11 is 13.0. The number of halogens is 2. The van der Waals surface area contributed by atoms with Gasteiger partial charge >= 0.3 is 5.69 Å². The normalized spacial score (nSPS) is 12.1. The van der Waals surface area contributed by atoms with Crippen LogP contribution in [0.2, 0.25) is 10.0 Å². The van der Waals surface area contributed by atoms with Crippen LogP contribution < -0.4 is 5.69 Å². The van der Waals surface area contributed by atoms with Gasteiger partial charge in [0.2, 0.25) is 5.82 Å². The van der Waals surface area contributed by atoms with Gasteiger partial charge in [-0.1, -0.05) is 66.9 Å². The van der Waals surface area contributed by atoms with Crippen molar-refractivity contribution in [2.45, 2.75) is 32.4 Å². The highest BCUT2D eigenvalue weighted by atomic mass is 35.5. The van der Waals surface area contributed by atoms with E-state index in [0.717, 1.165) is 40.8 Å². The summed E-state index contributed by atoms with van der Waals surface area (Å²) in [6.07, 6.45) is 6.96. The Bertz CT molecular complexity index is 1500. The summed E-state index contributed by atoms with van der Waals surface area (Å²) < 4.78 is 3.41. The lowest BCUT2D eigenvalue weighted by molar-refractivity contribution is 0.509. The Morgan fingerprint density at radius 2 is 1.78 bits per heavy atom. The maximum atomic E-state index is 13.4. The third-order valence-electron chi connectivity index (χ3n) is 6.08. The van der Waals surface area contributed by atoms with E-state index in [1.165, 1.54) is 0 Å². The molecule has 0 spiro atoms. The molecule has 3 heterocycles. The van der Waals surface area contributed by atoms with Crippen LogP contribution in [0, 0.1) is 0 Å². The van der Waals surface area contributed by atoms with Crippen molar-refractivity contribution in [2.24, 2.45) is 0 Å². The number of aromatic amines is 1. The number of imidazole rings is 1. The number of nitrogens with zero attached hydrogens (tertiary/aromatic N) is 6. The van der Waals surface area contributed by atoms with Gasteiger partial charge in [0.15, 0.2) is 0 Å². The van der Waals surface area contributed by atoms with Crippen LogP contribution in [0.15, 0.2) is 78.0 Å². The van der Waals surface area contributed by atoms with Gasteiger partial charge < -0.3 is 0 Å². The summed E-state index contributed by atoms with van der Waals surface area (Å²) in [4.78, 5) is 17.9. The average Bonchev–Trinajstić information content (AvgIpc) is 3.55. The fraction of sp³-hybridized carbons (Fsp3) is 0.192. The van der Waals surface area contributed by atoms with Crippen LogP contribution in [0.25, 0.3) is 22.6 Å². The molecule has 0 fully saturated rings. The maximum absolute atomic E-state index is 13.4. The lowest BCUT2D eigenvalue weighted by Crippen LogP contribution is -2.28. The largest absolute Gasteiger partial charge is 0.329 e. The van der Waals surface area contributed by atoms with Crippen LogP contribution >= 0.6 is 23.2 Å². The summed E-state index contributed by atoms with van der Waals surface area (Å²) in [5, 5.41) is 15.4. The Kier molecular flexibility index (Phi) is 6.97. The fourth-order valence-electron chi connectivity index (χ4n) is 4.37. The molecule has 0 saturated carbocycles. The minimum atomic E-state index is -0.236. The van der Waals surface area contributed by atoms with E-state index in [1.807, 2.05) is 48.7 Å². The van der Waals surface area contributed by atoms with Gasteiger partial charge in [-0.3, -0.25) is 14.1 Å². The van der Waals surface area contributed by atoms with Crippen molar-refractivity contribution in [3.63, 3.8) is 0 Å². The summed E-state index contributed by atoms with van der Waals surface area (Å²) in [5.41, 5.74) is 4.11. The first-order valence-electron chi connectivity index (χ1n) is 11.6. The van der Waals surface area contributed by atoms with Gasteiger partial charge in [-0.25, -0.2) is 4.79 Å². The van der Waals surface area contributed by atoms with Gasteiger partial charge in [-0.15, -0.1) is 10.2 Å². The molecule has 10 heteroatoms. The topological polar surface area (TPSA) is 94.3 Å². The Balaban J connectivity index is 1.41. The van der Waals surface area contributed by atoms with Crippen LogP contribution in [0.5, 0.6) is 0 Å². The predicted octanol–water partition coefficient (Wildman–Crippen LogP) is 5.64. The lowest BCUT2D eigenvalue weighted by Gasteiger charge is -2.20. The lowest BCUT2D eigenvalue weighted by atomic mass is 10.0. The van der Waals surface area contributed by atoms with E-state index in [-0.39, 0.29) is 11.7 Å². The molecule has 1 unspecified atom stereocenters. The molecule has 1 N–H and O–H groups in total. The second kappa shape index (κ2) is 10.5. The highest BCUT2D eigenvalue weighted by Crippen LogP contribution is 2.34. The number of benzene rings is 2. The van der Waals surface area contributed by atoms with Crippen molar-refractivity contribution in [1.82, 2.24) is 34.7 Å². The number of hydrogen-bond donors (Lipinski definition) is 1. The molecule has 3 aromatic heterocycles. The number of tetrazole rings is 1. The van der Waals surface area contributed by atoms with Crippen LogP contribution in [0.3, 0.4) is 0 Å². The number of aromatic nitrogens is 7. The SMILES string of the molecule is CCCC(c1c(Cl)cccc1Cl)n1ccn(Cc2ccc(-c3ncccc3-c3nn[nH]n3)cc2)c1=O. The third-order valence-corrected chi connectivity index (χ3v) is 6.74. The standard InChI is InChI=1S/C26H23Cl2N7O/c1-2-5-22(23-20(27)7-3-8-21(23)28)35-15-14-34(26(35)36)16-17-9-11-18(12-10-17)24-19(6-4-13-29-24)25-30-32-33-31-25/h3-4,6-15,22H,2,5,16H2,1H3,(H,30,31,32,33). The number of pyridine rings is 1. The summed E-state index contributed by atoms with van der Waals surface area (Å²) in [6, 6.07) is 16.9. The molecular weight excluding hydrogens is 497 g/mol. The van der Waals surface area contributed by atoms with E-state index in [0.29, 0.717) is 22.4 Å². The number of rotatable bonds is 8. The fourth-order valence-corrected chi connectivity index (χ4v) is 5.02. The zero-order valence-electron chi connectivity index (χ0n) is 19.5. The average molecular weight is 520 g/mol. The molecule has 5 aromatic rings. The van der Waals surface area contributed by atoms with E-state index < -0.39 is 0 Å². The van der Waals surface area contributed by atoms with E-state index in [9.17, 15) is 4.79 Å². The van der Waals surface area contributed by atoms with Gasteiger partial charge in [-0.05, 0) is 41.5 Å². The molecule has 0 aliphatic carbocycles. The Labute approximate surface area is 217 Å². The van der Waals surface area contributed by atoms with Gasteiger partial charge in [0.1, 0.15) is 0 Å². The molecule has 0 radical (unpaired) electrons. The zero-order valence-corrected chi connectivity index (χ0v) is 21.0. The summed E-state index contributed by atoms with van der Waals surface area (Å²) in [6.45, 7) is 2.51. The first-order valence-corrected chi connectivity index (χ1v) is 12.3. The van der Waals surface area contributed by atoms with Gasteiger partial charge in [-0.2, -0.15) is 5.21 Å². The number of H-pyrrole nitrogens is 1. The molecule has 0 amide bonds. The van der Waals surface area contributed by atoms with Crippen molar-refractivity contribution in [3.8, 4) is 22.6 Å². The Morgan fingerprint density at radius 3 is 2.47 bits per heavy atom. The molecule has 0 bridgehead atoms. The Morgan fingerprint density at radius 1 is 1.00 bits per heavy atom. The number of hydrogen-bond acceptors (Lipinski definition) is 5. The van der Waals surface area contributed by atoms with Crippen molar-refractivity contribution < 1.29 is 0 Å². The smallest absolute Gasteiger partial charge is 0.295 e. The molecule has 1 atom stereocenters. The summed E-state index contributed by atoms with van der Waals surface area (Å²) in [5.74, 6) is 0.482. The van der Waals surface area contributed by atoms with E-state index in [2.05, 4.69) is 32.5 Å². The van der Waals surface area contributed by atoms with Gasteiger partial charge in [0.05, 0.1) is 18.3 Å². The first kappa shape index (κ1) is 24.0. The predicted molar refractivity (Wildman–Crippen MR) is 140 cm³/mol. The molecular formula is C26H23Cl2N7O. The zero-order chi connectivity index (χ0) is 25.1. The molecule has 8 nitrogen and oxygen atoms in total. The van der Waals surface area contributed by atoms with Gasteiger partial charge in [0.25, 0.3) is 0 Å². The minimum absolute atomic E-state index is 0.113. The van der Waals surface area contributed by atoms with Crippen LogP contribution in [-0.2, 0) is 6.54 Å². The molecule has 0 aliphatic heterocycles. The highest BCUT2D eigenvalue weighted by molar-refractivity contribution is 6.36. The molecule has 36 heavy (non-hydrogen) atoms. The van der Waals surface area contributed by atoms with Crippen molar-refractivity contribution in [1.29, 1.82) is 0 Å². The van der Waals surface area contributed by atoms with Crippen LogP contribution in [0.4, 0.5) is 0 Å². The molecule has 182 valence electrons. The monoisotopic (exact) mass is 519 g/mol. The molecule has 0 aliphatic rings. The molecule has 5 rings (SSSR count). The maximum Gasteiger partial charge on any atom is 0.329 e. The van der Waals surface area contributed by atoms with E-state index in [4.69, 9.17) is 23.2 Å².